The lowest BCUT2D eigenvalue weighted by Crippen LogP contribution is -2.05. The molecule has 0 aliphatic carbocycles. The van der Waals surface area contributed by atoms with Crippen LogP contribution in [0, 0.1) is 6.92 Å². The van der Waals surface area contributed by atoms with Crippen molar-refractivity contribution in [1.29, 1.82) is 0 Å². The van der Waals surface area contributed by atoms with E-state index in [1.807, 2.05) is 51.1 Å². The molecule has 0 aliphatic rings. The normalized spacial score (nSPS) is 11.2. The van der Waals surface area contributed by atoms with Crippen molar-refractivity contribution in [1.82, 2.24) is 9.38 Å². The van der Waals surface area contributed by atoms with Gasteiger partial charge >= 0.3 is 5.97 Å². The number of aromatic nitrogens is 2. The highest BCUT2D eigenvalue weighted by Gasteiger charge is 2.21. The third kappa shape index (κ3) is 3.01. The van der Waals surface area contributed by atoms with Gasteiger partial charge in [-0.15, -0.1) is 0 Å². The molecule has 0 radical (unpaired) electrons. The molecule has 0 spiro atoms. The van der Waals surface area contributed by atoms with Crippen molar-refractivity contribution in [3.05, 3.63) is 52.3 Å². The highest BCUT2D eigenvalue weighted by atomic mass is 79.9. The molecule has 0 fully saturated rings. The van der Waals surface area contributed by atoms with Crippen LogP contribution in [0.25, 0.3) is 16.9 Å². The third-order valence-corrected chi connectivity index (χ3v) is 4.01. The lowest BCUT2D eigenvalue weighted by molar-refractivity contribution is 0.0690. The molecular formula is C18H17BrN2O3. The summed E-state index contributed by atoms with van der Waals surface area (Å²) in [7, 11) is 0. The maximum absolute atomic E-state index is 11.8. The van der Waals surface area contributed by atoms with E-state index in [1.165, 1.54) is 0 Å². The summed E-state index contributed by atoms with van der Waals surface area (Å²) in [5, 5.41) is 9.67. The number of ether oxygens (including phenoxy) is 1. The first-order chi connectivity index (χ1) is 11.4. The molecule has 1 N–H and O–H groups in total. The molecule has 0 atom stereocenters. The fraction of sp³-hybridized carbons (Fsp3) is 0.222. The number of pyridine rings is 1. The van der Waals surface area contributed by atoms with Crippen LogP contribution in [-0.4, -0.2) is 26.6 Å². The number of carboxylic acids is 1. The van der Waals surface area contributed by atoms with E-state index >= 15 is 0 Å². The van der Waals surface area contributed by atoms with E-state index in [9.17, 15) is 9.90 Å². The lowest BCUT2D eigenvalue weighted by atomic mass is 10.1. The van der Waals surface area contributed by atoms with Crippen LogP contribution in [0.3, 0.4) is 0 Å². The molecule has 3 aromatic rings. The zero-order valence-corrected chi connectivity index (χ0v) is 15.2. The van der Waals surface area contributed by atoms with Crippen LogP contribution < -0.4 is 4.74 Å². The van der Waals surface area contributed by atoms with Crippen molar-refractivity contribution < 1.29 is 14.6 Å². The summed E-state index contributed by atoms with van der Waals surface area (Å²) in [6.07, 6.45) is 1.80. The zero-order valence-electron chi connectivity index (χ0n) is 13.6. The number of carboxylic acid groups (broad SMARTS) is 1. The smallest absolute Gasteiger partial charge is 0.355 e. The SMILES string of the molecule is Cc1cc(Br)cn2c(C(=O)O)c(-c3ccc(OC(C)C)cc3)nc12. The molecule has 0 saturated heterocycles. The third-order valence-electron chi connectivity index (χ3n) is 3.57. The van der Waals surface area contributed by atoms with Gasteiger partial charge in [0.25, 0.3) is 0 Å². The molecule has 2 heterocycles. The minimum absolute atomic E-state index is 0.0839. The van der Waals surface area contributed by atoms with Crippen molar-refractivity contribution >= 4 is 27.5 Å². The predicted octanol–water partition coefficient (Wildman–Crippen LogP) is 4.56. The summed E-state index contributed by atoms with van der Waals surface area (Å²) >= 11 is 3.41. The Morgan fingerprint density at radius 2 is 1.96 bits per heavy atom. The van der Waals surface area contributed by atoms with E-state index in [0.29, 0.717) is 11.3 Å². The van der Waals surface area contributed by atoms with Crippen LogP contribution in [0.15, 0.2) is 41.0 Å². The van der Waals surface area contributed by atoms with Crippen LogP contribution in [0.4, 0.5) is 0 Å². The highest BCUT2D eigenvalue weighted by Crippen LogP contribution is 2.29. The van der Waals surface area contributed by atoms with Gasteiger partial charge in [0.05, 0.1) is 6.10 Å². The minimum atomic E-state index is -1.02. The van der Waals surface area contributed by atoms with E-state index in [-0.39, 0.29) is 11.8 Å². The molecule has 2 aromatic heterocycles. The highest BCUT2D eigenvalue weighted by molar-refractivity contribution is 9.10. The van der Waals surface area contributed by atoms with E-state index in [0.717, 1.165) is 21.3 Å². The summed E-state index contributed by atoms with van der Waals surface area (Å²) in [6.45, 7) is 5.82. The second-order valence-electron chi connectivity index (χ2n) is 5.84. The van der Waals surface area contributed by atoms with Crippen LogP contribution >= 0.6 is 15.9 Å². The number of benzene rings is 1. The Morgan fingerprint density at radius 1 is 1.29 bits per heavy atom. The van der Waals surface area contributed by atoms with Gasteiger partial charge in [0.15, 0.2) is 5.69 Å². The van der Waals surface area contributed by atoms with Crippen molar-refractivity contribution in [3.63, 3.8) is 0 Å². The Bertz CT molecular complexity index is 914. The van der Waals surface area contributed by atoms with Gasteiger partial charge in [-0.05, 0) is 72.6 Å². The Balaban J connectivity index is 2.17. The van der Waals surface area contributed by atoms with E-state index < -0.39 is 5.97 Å². The number of halogens is 1. The number of fused-ring (bicyclic) bond motifs is 1. The molecule has 3 rings (SSSR count). The molecule has 1 aromatic carbocycles. The molecule has 0 amide bonds. The number of hydrogen-bond donors (Lipinski definition) is 1. The molecule has 0 aliphatic heterocycles. The molecule has 0 bridgehead atoms. The maximum atomic E-state index is 11.8. The van der Waals surface area contributed by atoms with Crippen LogP contribution in [-0.2, 0) is 0 Å². The van der Waals surface area contributed by atoms with E-state index in [4.69, 9.17) is 4.74 Å². The summed E-state index contributed by atoms with van der Waals surface area (Å²) in [5.41, 5.74) is 2.86. The Morgan fingerprint density at radius 3 is 2.54 bits per heavy atom. The summed E-state index contributed by atoms with van der Waals surface area (Å²) in [6, 6.07) is 9.23. The topological polar surface area (TPSA) is 63.8 Å². The first kappa shape index (κ1) is 16.5. The van der Waals surface area contributed by atoms with Gasteiger partial charge in [-0.3, -0.25) is 4.40 Å². The second kappa shape index (κ2) is 6.28. The van der Waals surface area contributed by atoms with Gasteiger partial charge in [-0.2, -0.15) is 0 Å². The van der Waals surface area contributed by atoms with Gasteiger partial charge in [-0.25, -0.2) is 9.78 Å². The number of carbonyl (C=O) groups is 1. The zero-order chi connectivity index (χ0) is 17.4. The van der Waals surface area contributed by atoms with Gasteiger partial charge in [0.2, 0.25) is 0 Å². The van der Waals surface area contributed by atoms with Crippen molar-refractivity contribution in [2.75, 3.05) is 0 Å². The van der Waals surface area contributed by atoms with Crippen LogP contribution in [0.1, 0.15) is 29.9 Å². The molecule has 0 unspecified atom stereocenters. The van der Waals surface area contributed by atoms with Crippen molar-refractivity contribution in [2.24, 2.45) is 0 Å². The number of rotatable bonds is 4. The average molecular weight is 389 g/mol. The fourth-order valence-corrected chi connectivity index (χ4v) is 3.19. The van der Waals surface area contributed by atoms with Gasteiger partial charge in [-0.1, -0.05) is 0 Å². The lowest BCUT2D eigenvalue weighted by Gasteiger charge is -2.09. The second-order valence-corrected chi connectivity index (χ2v) is 6.76. The van der Waals surface area contributed by atoms with Gasteiger partial charge in [0.1, 0.15) is 17.1 Å². The first-order valence-electron chi connectivity index (χ1n) is 7.55. The molecule has 24 heavy (non-hydrogen) atoms. The summed E-state index contributed by atoms with van der Waals surface area (Å²) in [5.74, 6) is -0.272. The summed E-state index contributed by atoms with van der Waals surface area (Å²) < 4.78 is 8.04. The van der Waals surface area contributed by atoms with E-state index in [2.05, 4.69) is 20.9 Å². The predicted molar refractivity (Wildman–Crippen MR) is 95.8 cm³/mol. The Labute approximate surface area is 148 Å². The standard InChI is InChI=1S/C18H17BrN2O3/c1-10(2)24-14-6-4-12(5-7-14)15-16(18(22)23)21-9-13(19)8-11(3)17(21)20-15/h4-10H,1-3H3,(H,22,23). The van der Waals surface area contributed by atoms with E-state index in [1.54, 1.807) is 10.6 Å². The van der Waals surface area contributed by atoms with Crippen molar-refractivity contribution in [2.45, 2.75) is 26.9 Å². The Kier molecular flexibility index (Phi) is 4.32. The number of aryl methyl sites for hydroxylation is 1. The largest absolute Gasteiger partial charge is 0.491 e. The minimum Gasteiger partial charge on any atom is -0.491 e. The number of aromatic carboxylic acids is 1. The van der Waals surface area contributed by atoms with Crippen molar-refractivity contribution in [3.8, 4) is 17.0 Å². The first-order valence-corrected chi connectivity index (χ1v) is 8.34. The number of nitrogens with zero attached hydrogens (tertiary/aromatic N) is 2. The summed E-state index contributed by atoms with van der Waals surface area (Å²) in [4.78, 5) is 16.4. The van der Waals surface area contributed by atoms with Crippen LogP contribution in [0.2, 0.25) is 0 Å². The Hall–Kier alpha value is -2.34. The quantitative estimate of drug-likeness (QED) is 0.711. The maximum Gasteiger partial charge on any atom is 0.355 e. The monoisotopic (exact) mass is 388 g/mol. The molecule has 124 valence electrons. The number of hydrogen-bond acceptors (Lipinski definition) is 3. The molecule has 0 saturated carbocycles. The fourth-order valence-electron chi connectivity index (χ4n) is 2.64. The number of imidazole rings is 1. The average Bonchev–Trinajstić information content (AvgIpc) is 2.87. The van der Waals surface area contributed by atoms with Gasteiger partial charge in [0, 0.05) is 16.2 Å². The van der Waals surface area contributed by atoms with Crippen LogP contribution in [0.5, 0.6) is 5.75 Å². The molecular weight excluding hydrogens is 372 g/mol. The van der Waals surface area contributed by atoms with Gasteiger partial charge < -0.3 is 9.84 Å². The molecule has 5 nitrogen and oxygen atoms in total. The molecule has 6 heteroatoms.